The third kappa shape index (κ3) is 5.19. The fraction of sp³-hybridized carbons (Fsp3) is 0.375. The first-order valence-corrected chi connectivity index (χ1v) is 11.2. The van der Waals surface area contributed by atoms with E-state index in [1.807, 2.05) is 36.4 Å². The van der Waals surface area contributed by atoms with Gasteiger partial charge in [0.2, 0.25) is 24.6 Å². The number of nitrogens with zero attached hydrogens (tertiary/aromatic N) is 3. The van der Waals surface area contributed by atoms with Crippen molar-refractivity contribution >= 4 is 17.8 Å². The van der Waals surface area contributed by atoms with Gasteiger partial charge in [0.25, 0.3) is 0 Å². The first-order valence-electron chi connectivity index (χ1n) is 11.2. The van der Waals surface area contributed by atoms with Gasteiger partial charge in [-0.15, -0.1) is 0 Å². The van der Waals surface area contributed by atoms with Crippen molar-refractivity contribution in [2.24, 2.45) is 0 Å². The van der Waals surface area contributed by atoms with Crippen molar-refractivity contribution in [3.05, 3.63) is 59.7 Å². The van der Waals surface area contributed by atoms with E-state index in [0.717, 1.165) is 29.9 Å². The molecule has 2 heterocycles. The van der Waals surface area contributed by atoms with E-state index in [0.29, 0.717) is 37.0 Å². The molecule has 3 aromatic rings. The van der Waals surface area contributed by atoms with Crippen molar-refractivity contribution in [2.45, 2.75) is 51.2 Å². The summed E-state index contributed by atoms with van der Waals surface area (Å²) in [7, 11) is 0. The molecule has 1 fully saturated rings. The number of hydrogen-bond acceptors (Lipinski definition) is 8. The summed E-state index contributed by atoms with van der Waals surface area (Å²) < 4.78 is 10.9. The van der Waals surface area contributed by atoms with Gasteiger partial charge < -0.3 is 25.4 Å². The molecule has 8 heteroatoms. The Hall–Kier alpha value is -3.55. The minimum Gasteiger partial charge on any atom is -0.454 e. The molecule has 0 unspecified atom stereocenters. The molecular formula is C24H28N6O2. The number of benzene rings is 2. The molecule has 3 N–H and O–H groups in total. The summed E-state index contributed by atoms with van der Waals surface area (Å²) in [5, 5.41) is 10.2. The molecule has 2 aliphatic rings. The molecule has 1 aromatic heterocycles. The zero-order chi connectivity index (χ0) is 21.6. The molecule has 2 aromatic carbocycles. The molecule has 5 rings (SSSR count). The first kappa shape index (κ1) is 20.4. The number of rotatable bonds is 8. The Morgan fingerprint density at radius 3 is 2.19 bits per heavy atom. The molecule has 0 amide bonds. The summed E-state index contributed by atoms with van der Waals surface area (Å²) in [4.78, 5) is 13.8. The summed E-state index contributed by atoms with van der Waals surface area (Å²) in [6, 6.07) is 16.5. The average molecular weight is 433 g/mol. The van der Waals surface area contributed by atoms with Crippen LogP contribution in [0.4, 0.5) is 17.8 Å². The molecule has 166 valence electrons. The van der Waals surface area contributed by atoms with E-state index in [9.17, 15) is 0 Å². The Labute approximate surface area is 187 Å². The van der Waals surface area contributed by atoms with Crippen molar-refractivity contribution in [3.63, 3.8) is 0 Å². The number of nitrogens with one attached hydrogen (secondary N) is 3. The van der Waals surface area contributed by atoms with Crippen molar-refractivity contribution in [2.75, 3.05) is 22.7 Å². The Kier molecular flexibility index (Phi) is 6.18. The normalized spacial score (nSPS) is 15.4. The van der Waals surface area contributed by atoms with Crippen molar-refractivity contribution in [1.82, 2.24) is 15.0 Å². The maximum Gasteiger partial charge on any atom is 0.231 e. The van der Waals surface area contributed by atoms with E-state index in [4.69, 9.17) is 9.47 Å². The lowest BCUT2D eigenvalue weighted by Crippen LogP contribution is -2.24. The predicted octanol–water partition coefficient (Wildman–Crippen LogP) is 4.57. The summed E-state index contributed by atoms with van der Waals surface area (Å²) in [5.41, 5.74) is 2.24. The van der Waals surface area contributed by atoms with E-state index < -0.39 is 0 Å². The molecule has 1 saturated carbocycles. The fourth-order valence-electron chi connectivity index (χ4n) is 4.04. The van der Waals surface area contributed by atoms with Gasteiger partial charge in [0, 0.05) is 19.1 Å². The average Bonchev–Trinajstić information content (AvgIpc) is 3.31. The molecule has 1 aliphatic carbocycles. The number of aromatic nitrogens is 3. The number of fused-ring (bicyclic) bond motifs is 1. The van der Waals surface area contributed by atoms with Crippen LogP contribution in [-0.2, 0) is 13.1 Å². The molecule has 0 spiro atoms. The van der Waals surface area contributed by atoms with Gasteiger partial charge in [0.1, 0.15) is 0 Å². The standard InChI is InChI=1S/C24H28N6O2/c1-3-7-17(8-4-1)14-25-22-28-23(30-24(29-22)27-19-9-5-2-6-10-19)26-15-18-11-12-20-21(13-18)32-16-31-20/h1,3-4,7-8,11-13,19H,2,5-6,9-10,14-16H2,(H3,25,26,27,28,29,30). The van der Waals surface area contributed by atoms with Crippen LogP contribution in [0, 0.1) is 0 Å². The van der Waals surface area contributed by atoms with E-state index in [2.05, 4.69) is 43.0 Å². The van der Waals surface area contributed by atoms with Gasteiger partial charge >= 0.3 is 0 Å². The van der Waals surface area contributed by atoms with Crippen LogP contribution in [0.15, 0.2) is 48.5 Å². The summed E-state index contributed by atoms with van der Waals surface area (Å²) in [6.45, 7) is 1.49. The third-order valence-corrected chi connectivity index (χ3v) is 5.75. The monoisotopic (exact) mass is 432 g/mol. The molecular weight excluding hydrogens is 404 g/mol. The highest BCUT2D eigenvalue weighted by molar-refractivity contribution is 5.47. The van der Waals surface area contributed by atoms with Crippen molar-refractivity contribution in [3.8, 4) is 11.5 Å². The molecule has 32 heavy (non-hydrogen) atoms. The van der Waals surface area contributed by atoms with Gasteiger partial charge in [0.15, 0.2) is 11.5 Å². The largest absolute Gasteiger partial charge is 0.454 e. The second-order valence-electron chi connectivity index (χ2n) is 8.17. The lowest BCUT2D eigenvalue weighted by Gasteiger charge is -2.23. The van der Waals surface area contributed by atoms with Crippen LogP contribution in [0.5, 0.6) is 11.5 Å². The lowest BCUT2D eigenvalue weighted by atomic mass is 9.96. The van der Waals surface area contributed by atoms with E-state index in [1.54, 1.807) is 0 Å². The maximum atomic E-state index is 5.48. The Morgan fingerprint density at radius 2 is 1.41 bits per heavy atom. The number of hydrogen-bond donors (Lipinski definition) is 3. The van der Waals surface area contributed by atoms with Crippen LogP contribution >= 0.6 is 0 Å². The SMILES string of the molecule is c1ccc(CNc2nc(NCc3ccc4c(c3)OCO4)nc(NC3CCCCC3)n2)cc1. The topological polar surface area (TPSA) is 93.2 Å². The highest BCUT2D eigenvalue weighted by atomic mass is 16.7. The molecule has 0 bridgehead atoms. The minimum absolute atomic E-state index is 0.270. The summed E-state index contributed by atoms with van der Waals surface area (Å²) >= 11 is 0. The highest BCUT2D eigenvalue weighted by Crippen LogP contribution is 2.32. The van der Waals surface area contributed by atoms with Crippen molar-refractivity contribution in [1.29, 1.82) is 0 Å². The minimum atomic E-state index is 0.270. The number of anilines is 3. The smallest absolute Gasteiger partial charge is 0.231 e. The summed E-state index contributed by atoms with van der Waals surface area (Å²) in [6.07, 6.45) is 6.10. The molecule has 0 radical (unpaired) electrons. The van der Waals surface area contributed by atoms with Crippen LogP contribution < -0.4 is 25.4 Å². The molecule has 1 aliphatic heterocycles. The molecule has 8 nitrogen and oxygen atoms in total. The van der Waals surface area contributed by atoms with Gasteiger partial charge in [0.05, 0.1) is 0 Å². The lowest BCUT2D eigenvalue weighted by molar-refractivity contribution is 0.174. The van der Waals surface area contributed by atoms with Crippen LogP contribution in [0.25, 0.3) is 0 Å². The van der Waals surface area contributed by atoms with Gasteiger partial charge in [-0.3, -0.25) is 0 Å². The summed E-state index contributed by atoms with van der Waals surface area (Å²) in [5.74, 6) is 3.24. The van der Waals surface area contributed by atoms with Gasteiger partial charge in [-0.1, -0.05) is 55.7 Å². The van der Waals surface area contributed by atoms with Crippen LogP contribution in [0.2, 0.25) is 0 Å². The highest BCUT2D eigenvalue weighted by Gasteiger charge is 2.16. The van der Waals surface area contributed by atoms with Crippen LogP contribution in [0.1, 0.15) is 43.2 Å². The molecule has 0 saturated heterocycles. The zero-order valence-electron chi connectivity index (χ0n) is 18.0. The molecule has 0 atom stereocenters. The zero-order valence-corrected chi connectivity index (χ0v) is 18.0. The van der Waals surface area contributed by atoms with E-state index in [1.165, 1.54) is 24.8 Å². The third-order valence-electron chi connectivity index (χ3n) is 5.75. The van der Waals surface area contributed by atoms with E-state index >= 15 is 0 Å². The number of ether oxygens (including phenoxy) is 2. The Bertz CT molecular complexity index is 1040. The second kappa shape index (κ2) is 9.72. The van der Waals surface area contributed by atoms with Gasteiger partial charge in [-0.05, 0) is 36.1 Å². The second-order valence-corrected chi connectivity index (χ2v) is 8.17. The first-order chi connectivity index (χ1) is 15.8. The Balaban J connectivity index is 1.30. The van der Waals surface area contributed by atoms with Crippen LogP contribution in [0.3, 0.4) is 0 Å². The van der Waals surface area contributed by atoms with Gasteiger partial charge in [-0.25, -0.2) is 0 Å². The maximum absolute atomic E-state index is 5.48. The van der Waals surface area contributed by atoms with Gasteiger partial charge in [-0.2, -0.15) is 15.0 Å². The predicted molar refractivity (Wildman–Crippen MR) is 124 cm³/mol. The quantitative estimate of drug-likeness (QED) is 0.477. The van der Waals surface area contributed by atoms with E-state index in [-0.39, 0.29) is 6.79 Å². The van der Waals surface area contributed by atoms with Crippen LogP contribution in [-0.4, -0.2) is 27.8 Å². The fourth-order valence-corrected chi connectivity index (χ4v) is 4.04. The Morgan fingerprint density at radius 1 is 0.719 bits per heavy atom. The van der Waals surface area contributed by atoms with Crippen molar-refractivity contribution < 1.29 is 9.47 Å².